The molecule has 0 bridgehead atoms. The SMILES string of the molecule is COC(=O)c1ccc(OC)c([SH](=O)=O)c1. The van der Waals surface area contributed by atoms with Crippen molar-refractivity contribution in [3.05, 3.63) is 23.8 Å². The van der Waals surface area contributed by atoms with Crippen LogP contribution >= 0.6 is 0 Å². The summed E-state index contributed by atoms with van der Waals surface area (Å²) in [5.74, 6) is -0.380. The monoisotopic (exact) mass is 230 g/mol. The summed E-state index contributed by atoms with van der Waals surface area (Å²) in [7, 11) is -0.219. The van der Waals surface area contributed by atoms with Crippen LogP contribution in [-0.2, 0) is 15.4 Å². The van der Waals surface area contributed by atoms with E-state index in [1.165, 1.54) is 32.4 Å². The van der Waals surface area contributed by atoms with Gasteiger partial charge in [-0.05, 0) is 18.2 Å². The van der Waals surface area contributed by atoms with E-state index in [-0.39, 0.29) is 16.2 Å². The standard InChI is InChI=1S/C9H10O5S/c1-13-7-4-3-6(9(10)14-2)5-8(7)15(11)12/h3-5,15H,1-2H3. The first-order valence-corrected chi connectivity index (χ1v) is 5.18. The molecule has 0 atom stereocenters. The molecule has 1 rings (SSSR count). The number of carbonyl (C=O) groups excluding carboxylic acids is 1. The van der Waals surface area contributed by atoms with Crippen LogP contribution in [0.25, 0.3) is 0 Å². The summed E-state index contributed by atoms with van der Waals surface area (Å²) in [6.45, 7) is 0. The Morgan fingerprint density at radius 3 is 2.40 bits per heavy atom. The molecule has 0 saturated heterocycles. The first-order valence-electron chi connectivity index (χ1n) is 4.01. The molecular formula is C9H10O5S. The maximum absolute atomic E-state index is 11.1. The predicted octanol–water partition coefficient (Wildman–Crippen LogP) is 0.452. The van der Waals surface area contributed by atoms with Crippen molar-refractivity contribution in [3.8, 4) is 5.75 Å². The lowest BCUT2D eigenvalue weighted by atomic mass is 10.2. The van der Waals surface area contributed by atoms with E-state index in [4.69, 9.17) is 4.74 Å². The lowest BCUT2D eigenvalue weighted by Gasteiger charge is -2.04. The van der Waals surface area contributed by atoms with Crippen molar-refractivity contribution in [2.45, 2.75) is 4.90 Å². The van der Waals surface area contributed by atoms with Gasteiger partial charge in [-0.15, -0.1) is 0 Å². The minimum Gasteiger partial charge on any atom is -0.495 e. The lowest BCUT2D eigenvalue weighted by molar-refractivity contribution is 0.0600. The molecule has 15 heavy (non-hydrogen) atoms. The molecule has 0 unspecified atom stereocenters. The Labute approximate surface area is 88.6 Å². The van der Waals surface area contributed by atoms with Crippen molar-refractivity contribution in [2.24, 2.45) is 0 Å². The Bertz CT molecular complexity index is 442. The Kier molecular flexibility index (Phi) is 3.68. The van der Waals surface area contributed by atoms with Crippen LogP contribution in [0.2, 0.25) is 0 Å². The smallest absolute Gasteiger partial charge is 0.337 e. The van der Waals surface area contributed by atoms with Crippen LogP contribution in [0.3, 0.4) is 0 Å². The third kappa shape index (κ3) is 2.47. The normalized spacial score (nSPS) is 10.1. The molecule has 0 aliphatic rings. The molecule has 0 aliphatic carbocycles. The van der Waals surface area contributed by atoms with Crippen LogP contribution in [0.5, 0.6) is 5.75 Å². The van der Waals surface area contributed by atoms with Crippen molar-refractivity contribution in [1.82, 2.24) is 0 Å². The fourth-order valence-electron chi connectivity index (χ4n) is 1.08. The highest BCUT2D eigenvalue weighted by Crippen LogP contribution is 2.21. The molecule has 0 saturated carbocycles. The largest absolute Gasteiger partial charge is 0.495 e. The van der Waals surface area contributed by atoms with Gasteiger partial charge in [-0.25, -0.2) is 13.2 Å². The molecule has 0 spiro atoms. The molecule has 0 aromatic heterocycles. The number of ether oxygens (including phenoxy) is 2. The van der Waals surface area contributed by atoms with Crippen molar-refractivity contribution >= 4 is 16.7 Å². The molecule has 1 aromatic carbocycles. The number of thiol groups is 1. The van der Waals surface area contributed by atoms with Crippen molar-refractivity contribution in [3.63, 3.8) is 0 Å². The van der Waals surface area contributed by atoms with Crippen LogP contribution in [0.4, 0.5) is 0 Å². The van der Waals surface area contributed by atoms with Gasteiger partial charge in [0.25, 0.3) is 0 Å². The molecule has 82 valence electrons. The Hall–Kier alpha value is -1.56. The average Bonchev–Trinajstić information content (AvgIpc) is 2.27. The first-order chi connectivity index (χ1) is 7.10. The van der Waals surface area contributed by atoms with Gasteiger partial charge in [0.2, 0.25) is 0 Å². The van der Waals surface area contributed by atoms with Crippen molar-refractivity contribution < 1.29 is 22.7 Å². The summed E-state index contributed by atoms with van der Waals surface area (Å²) in [4.78, 5) is 11.1. The molecule has 0 radical (unpaired) electrons. The highest BCUT2D eigenvalue weighted by Gasteiger charge is 2.11. The third-order valence-electron chi connectivity index (χ3n) is 1.80. The summed E-state index contributed by atoms with van der Waals surface area (Å²) < 4.78 is 31.0. The van der Waals surface area contributed by atoms with Gasteiger partial charge >= 0.3 is 5.97 Å². The zero-order chi connectivity index (χ0) is 11.4. The first kappa shape index (κ1) is 11.5. The van der Waals surface area contributed by atoms with Gasteiger partial charge in [-0.2, -0.15) is 0 Å². The predicted molar refractivity (Wildman–Crippen MR) is 52.9 cm³/mol. The van der Waals surface area contributed by atoms with E-state index >= 15 is 0 Å². The topological polar surface area (TPSA) is 69.7 Å². The quantitative estimate of drug-likeness (QED) is 0.603. The highest BCUT2D eigenvalue weighted by molar-refractivity contribution is 7.72. The second-order valence-electron chi connectivity index (χ2n) is 2.64. The molecule has 0 amide bonds. The number of carbonyl (C=O) groups is 1. The van der Waals surface area contributed by atoms with E-state index in [2.05, 4.69) is 4.74 Å². The van der Waals surface area contributed by atoms with E-state index in [1.807, 2.05) is 0 Å². The molecule has 6 heteroatoms. The molecule has 5 nitrogen and oxygen atoms in total. The number of esters is 1. The minimum absolute atomic E-state index is 0.0320. The fourth-order valence-corrected chi connectivity index (χ4v) is 1.67. The second-order valence-corrected chi connectivity index (χ2v) is 3.63. The highest BCUT2D eigenvalue weighted by atomic mass is 32.2. The zero-order valence-corrected chi connectivity index (χ0v) is 9.11. The summed E-state index contributed by atoms with van der Waals surface area (Å²) >= 11 is 0. The maximum atomic E-state index is 11.1. The molecular weight excluding hydrogens is 220 g/mol. The molecule has 0 fully saturated rings. The maximum Gasteiger partial charge on any atom is 0.337 e. The van der Waals surface area contributed by atoms with Gasteiger partial charge in [-0.3, -0.25) is 0 Å². The van der Waals surface area contributed by atoms with Gasteiger partial charge in [-0.1, -0.05) is 0 Å². The summed E-state index contributed by atoms with van der Waals surface area (Å²) in [5.41, 5.74) is 0.174. The van der Waals surface area contributed by atoms with Crippen molar-refractivity contribution in [2.75, 3.05) is 14.2 Å². The van der Waals surface area contributed by atoms with Gasteiger partial charge in [0.15, 0.2) is 10.7 Å². The average molecular weight is 230 g/mol. The van der Waals surface area contributed by atoms with E-state index in [9.17, 15) is 13.2 Å². The minimum atomic E-state index is -2.80. The number of hydrogen-bond donors (Lipinski definition) is 1. The number of rotatable bonds is 3. The Balaban J connectivity index is 3.28. The Morgan fingerprint density at radius 1 is 1.27 bits per heavy atom. The molecule has 1 aromatic rings. The summed E-state index contributed by atoms with van der Waals surface area (Å²) in [6.07, 6.45) is 0. The van der Waals surface area contributed by atoms with E-state index in [0.717, 1.165) is 0 Å². The van der Waals surface area contributed by atoms with E-state index < -0.39 is 16.7 Å². The van der Waals surface area contributed by atoms with Gasteiger partial charge in [0.05, 0.1) is 19.8 Å². The fraction of sp³-hybridized carbons (Fsp3) is 0.222. The molecule has 0 N–H and O–H groups in total. The molecule has 0 aliphatic heterocycles. The van der Waals surface area contributed by atoms with Crippen LogP contribution in [0.1, 0.15) is 10.4 Å². The third-order valence-corrected chi connectivity index (χ3v) is 2.54. The van der Waals surface area contributed by atoms with Crippen LogP contribution in [-0.4, -0.2) is 28.6 Å². The van der Waals surface area contributed by atoms with Crippen LogP contribution in [0.15, 0.2) is 23.1 Å². The van der Waals surface area contributed by atoms with Crippen molar-refractivity contribution in [1.29, 1.82) is 0 Å². The Morgan fingerprint density at radius 2 is 1.93 bits per heavy atom. The number of methoxy groups -OCH3 is 2. The summed E-state index contributed by atoms with van der Waals surface area (Å²) in [6, 6.07) is 4.07. The van der Waals surface area contributed by atoms with Crippen LogP contribution < -0.4 is 4.74 Å². The number of hydrogen-bond acceptors (Lipinski definition) is 5. The molecule has 0 heterocycles. The number of benzene rings is 1. The summed E-state index contributed by atoms with van der Waals surface area (Å²) in [5, 5.41) is 0. The van der Waals surface area contributed by atoms with Gasteiger partial charge in [0, 0.05) is 0 Å². The van der Waals surface area contributed by atoms with Crippen LogP contribution in [0, 0.1) is 0 Å². The van der Waals surface area contributed by atoms with Gasteiger partial charge < -0.3 is 9.47 Å². The van der Waals surface area contributed by atoms with E-state index in [1.54, 1.807) is 0 Å². The van der Waals surface area contributed by atoms with Gasteiger partial charge in [0.1, 0.15) is 10.6 Å². The zero-order valence-electron chi connectivity index (χ0n) is 8.22. The lowest BCUT2D eigenvalue weighted by Crippen LogP contribution is -2.02. The van der Waals surface area contributed by atoms with E-state index in [0.29, 0.717) is 0 Å². The second kappa shape index (κ2) is 4.79.